The maximum absolute atomic E-state index is 10.1. The Morgan fingerprint density at radius 2 is 1.70 bits per heavy atom. The van der Waals surface area contributed by atoms with E-state index in [-0.39, 0.29) is 18.3 Å². The summed E-state index contributed by atoms with van der Waals surface area (Å²) in [5.74, 6) is 0.468. The molecule has 156 valence electrons. The molecule has 30 heavy (non-hydrogen) atoms. The van der Waals surface area contributed by atoms with Crippen molar-refractivity contribution in [3.05, 3.63) is 94.5 Å². The lowest BCUT2D eigenvalue weighted by atomic mass is 9.84. The first-order valence-corrected chi connectivity index (χ1v) is 10.7. The van der Waals surface area contributed by atoms with Gasteiger partial charge in [-0.2, -0.15) is 0 Å². The van der Waals surface area contributed by atoms with Crippen molar-refractivity contribution in [2.45, 2.75) is 45.4 Å². The van der Waals surface area contributed by atoms with Crippen LogP contribution in [0.1, 0.15) is 59.4 Å². The average Bonchev–Trinajstić information content (AvgIpc) is 2.74. The molecule has 3 rings (SSSR count). The number of aliphatic hydroxyl groups is 1. The van der Waals surface area contributed by atoms with Gasteiger partial charge in [0.25, 0.3) is 0 Å². The Morgan fingerprint density at radius 1 is 0.900 bits per heavy atom. The minimum absolute atomic E-state index is 0.232. The van der Waals surface area contributed by atoms with E-state index in [0.717, 1.165) is 36.9 Å². The predicted molar refractivity (Wildman–Crippen MR) is 125 cm³/mol. The number of aromatic hydroxyl groups is 1. The van der Waals surface area contributed by atoms with Crippen LogP contribution in [0.2, 0.25) is 0 Å². The van der Waals surface area contributed by atoms with Gasteiger partial charge in [-0.3, -0.25) is 4.99 Å². The number of benzene rings is 3. The Kier molecular flexibility index (Phi) is 7.81. The van der Waals surface area contributed by atoms with Gasteiger partial charge in [-0.05, 0) is 55.5 Å². The molecule has 0 saturated carbocycles. The van der Waals surface area contributed by atoms with Crippen LogP contribution in [-0.4, -0.2) is 23.0 Å². The number of phenols is 1. The molecule has 0 fully saturated rings. The van der Waals surface area contributed by atoms with Crippen LogP contribution in [-0.2, 0) is 0 Å². The third-order valence-corrected chi connectivity index (χ3v) is 5.51. The van der Waals surface area contributed by atoms with Crippen molar-refractivity contribution in [1.29, 1.82) is 0 Å². The fraction of sp³-hybridized carbons (Fsp3) is 0.296. The normalized spacial score (nSPS) is 12.4. The van der Waals surface area contributed by atoms with Crippen molar-refractivity contribution in [1.82, 2.24) is 0 Å². The zero-order chi connectivity index (χ0) is 21.3. The number of phenolic OH excluding ortho intramolecular Hbond substituents is 1. The lowest BCUT2D eigenvalue weighted by Gasteiger charge is -2.21. The Bertz CT molecular complexity index is 994. The first-order chi connectivity index (χ1) is 14.6. The number of aryl methyl sites for hydroxylation is 2. The summed E-state index contributed by atoms with van der Waals surface area (Å²) in [5.41, 5.74) is 6.54. The van der Waals surface area contributed by atoms with Crippen LogP contribution in [0.5, 0.6) is 5.75 Å². The summed E-state index contributed by atoms with van der Waals surface area (Å²) in [6.45, 7) is 4.45. The van der Waals surface area contributed by atoms with E-state index in [0.29, 0.717) is 5.56 Å². The molecular weight excluding hydrogens is 370 g/mol. The quantitative estimate of drug-likeness (QED) is 0.320. The zero-order valence-corrected chi connectivity index (χ0v) is 17.9. The van der Waals surface area contributed by atoms with Crippen molar-refractivity contribution < 1.29 is 10.2 Å². The standard InChI is InChI=1S/C27H31NO2/c1-20-10-8-13-22(18-20)24(14-4-3-7-17-29)25-15-9-11-21(2)27(25)28-19-23-12-5-6-16-26(23)30/h5-6,8-13,15-16,18-19,24,29-30H,3-4,7,14,17H2,1-2H3. The van der Waals surface area contributed by atoms with E-state index in [1.54, 1.807) is 12.3 Å². The molecule has 0 heterocycles. The second-order valence-electron chi connectivity index (χ2n) is 7.87. The molecule has 2 N–H and O–H groups in total. The number of hydrogen-bond acceptors (Lipinski definition) is 3. The van der Waals surface area contributed by atoms with E-state index in [4.69, 9.17) is 10.1 Å². The molecule has 0 radical (unpaired) electrons. The summed E-state index contributed by atoms with van der Waals surface area (Å²) in [6, 6.07) is 22.3. The van der Waals surface area contributed by atoms with Gasteiger partial charge in [0.15, 0.2) is 0 Å². The third-order valence-electron chi connectivity index (χ3n) is 5.51. The van der Waals surface area contributed by atoms with E-state index in [2.05, 4.69) is 56.3 Å². The van der Waals surface area contributed by atoms with E-state index in [1.165, 1.54) is 16.7 Å². The average molecular weight is 402 g/mol. The third kappa shape index (κ3) is 5.58. The lowest BCUT2D eigenvalue weighted by molar-refractivity contribution is 0.282. The van der Waals surface area contributed by atoms with Gasteiger partial charge in [-0.15, -0.1) is 0 Å². The molecule has 0 aliphatic carbocycles. The van der Waals surface area contributed by atoms with Crippen LogP contribution in [0.3, 0.4) is 0 Å². The Morgan fingerprint density at radius 3 is 2.47 bits per heavy atom. The Labute approximate surface area is 179 Å². The Balaban J connectivity index is 2.00. The molecule has 3 heteroatoms. The molecule has 1 unspecified atom stereocenters. The first-order valence-electron chi connectivity index (χ1n) is 10.7. The topological polar surface area (TPSA) is 52.8 Å². The number of rotatable bonds is 9. The van der Waals surface area contributed by atoms with Crippen molar-refractivity contribution in [2.75, 3.05) is 6.61 Å². The van der Waals surface area contributed by atoms with Gasteiger partial charge in [0.2, 0.25) is 0 Å². The molecule has 0 spiro atoms. The van der Waals surface area contributed by atoms with Crippen LogP contribution >= 0.6 is 0 Å². The molecule has 3 aromatic rings. The molecule has 0 aromatic heterocycles. The second kappa shape index (κ2) is 10.7. The zero-order valence-electron chi connectivity index (χ0n) is 17.9. The highest BCUT2D eigenvalue weighted by Gasteiger charge is 2.18. The number of hydrogen-bond donors (Lipinski definition) is 2. The van der Waals surface area contributed by atoms with Gasteiger partial charge < -0.3 is 10.2 Å². The van der Waals surface area contributed by atoms with Gasteiger partial charge >= 0.3 is 0 Å². The van der Waals surface area contributed by atoms with Gasteiger partial charge in [0.1, 0.15) is 5.75 Å². The molecule has 0 amide bonds. The molecule has 0 saturated heterocycles. The molecular formula is C27H31NO2. The minimum Gasteiger partial charge on any atom is -0.507 e. The van der Waals surface area contributed by atoms with Crippen LogP contribution in [0.15, 0.2) is 71.7 Å². The summed E-state index contributed by atoms with van der Waals surface area (Å²) in [6.07, 6.45) is 5.66. The monoisotopic (exact) mass is 401 g/mol. The van der Waals surface area contributed by atoms with Gasteiger partial charge in [0, 0.05) is 24.3 Å². The largest absolute Gasteiger partial charge is 0.507 e. The smallest absolute Gasteiger partial charge is 0.124 e. The van der Waals surface area contributed by atoms with E-state index in [1.807, 2.05) is 18.2 Å². The van der Waals surface area contributed by atoms with Gasteiger partial charge in [-0.1, -0.05) is 73.0 Å². The van der Waals surface area contributed by atoms with Crippen molar-refractivity contribution >= 4 is 11.9 Å². The number of unbranched alkanes of at least 4 members (excludes halogenated alkanes) is 2. The highest BCUT2D eigenvalue weighted by atomic mass is 16.3. The molecule has 3 nitrogen and oxygen atoms in total. The van der Waals surface area contributed by atoms with Crippen molar-refractivity contribution in [3.8, 4) is 5.75 Å². The summed E-state index contributed by atoms with van der Waals surface area (Å²) < 4.78 is 0. The highest BCUT2D eigenvalue weighted by molar-refractivity contribution is 5.86. The van der Waals surface area contributed by atoms with Crippen LogP contribution in [0.25, 0.3) is 0 Å². The SMILES string of the molecule is Cc1cccc(C(CCCCCO)c2cccc(C)c2N=Cc2ccccc2O)c1. The lowest BCUT2D eigenvalue weighted by Crippen LogP contribution is -2.04. The first kappa shape index (κ1) is 21.8. The number of aliphatic hydroxyl groups excluding tert-OH is 1. The number of nitrogens with zero attached hydrogens (tertiary/aromatic N) is 1. The van der Waals surface area contributed by atoms with Gasteiger partial charge in [-0.25, -0.2) is 0 Å². The second-order valence-corrected chi connectivity index (χ2v) is 7.87. The maximum Gasteiger partial charge on any atom is 0.124 e. The number of aliphatic imine (C=N–C) groups is 1. The molecule has 0 aliphatic rings. The van der Waals surface area contributed by atoms with E-state index in [9.17, 15) is 5.11 Å². The summed E-state index contributed by atoms with van der Waals surface area (Å²) in [7, 11) is 0. The molecule has 1 atom stereocenters. The maximum atomic E-state index is 10.1. The minimum atomic E-state index is 0.232. The fourth-order valence-electron chi connectivity index (χ4n) is 3.90. The predicted octanol–water partition coefficient (Wildman–Crippen LogP) is 6.44. The van der Waals surface area contributed by atoms with Crippen LogP contribution < -0.4 is 0 Å². The van der Waals surface area contributed by atoms with Gasteiger partial charge in [0.05, 0.1) is 5.69 Å². The van der Waals surface area contributed by atoms with E-state index >= 15 is 0 Å². The molecule has 3 aromatic carbocycles. The summed E-state index contributed by atoms with van der Waals surface area (Å²) in [5, 5.41) is 19.2. The van der Waals surface area contributed by atoms with E-state index < -0.39 is 0 Å². The number of para-hydroxylation sites is 2. The highest BCUT2D eigenvalue weighted by Crippen LogP contribution is 2.38. The Hall–Kier alpha value is -2.91. The van der Waals surface area contributed by atoms with Crippen molar-refractivity contribution in [2.24, 2.45) is 4.99 Å². The summed E-state index contributed by atoms with van der Waals surface area (Å²) in [4.78, 5) is 4.83. The van der Waals surface area contributed by atoms with Crippen LogP contribution in [0, 0.1) is 13.8 Å². The van der Waals surface area contributed by atoms with Crippen molar-refractivity contribution in [3.63, 3.8) is 0 Å². The fourth-order valence-corrected chi connectivity index (χ4v) is 3.90. The molecule has 0 aliphatic heterocycles. The molecule has 0 bridgehead atoms. The van der Waals surface area contributed by atoms with Crippen LogP contribution in [0.4, 0.5) is 5.69 Å². The summed E-state index contributed by atoms with van der Waals surface area (Å²) >= 11 is 0.